The van der Waals surface area contributed by atoms with E-state index in [1.807, 2.05) is 32.0 Å². The summed E-state index contributed by atoms with van der Waals surface area (Å²) in [5, 5.41) is 1.68. The maximum Gasteiger partial charge on any atom is 0.149 e. The van der Waals surface area contributed by atoms with Crippen LogP contribution in [0.5, 0.6) is 0 Å². The summed E-state index contributed by atoms with van der Waals surface area (Å²) in [7, 11) is 0. The van der Waals surface area contributed by atoms with Crippen LogP contribution in [0, 0.1) is 0 Å². The number of aromatic nitrogens is 1. The Kier molecular flexibility index (Phi) is 2.84. The topological polar surface area (TPSA) is 39.2 Å². The van der Waals surface area contributed by atoms with Gasteiger partial charge in [0.05, 0.1) is 11.2 Å². The predicted octanol–water partition coefficient (Wildman–Crippen LogP) is 3.26. The Morgan fingerprint density at radius 3 is 2.95 bits per heavy atom. The summed E-state index contributed by atoms with van der Waals surface area (Å²) in [5.41, 5.74) is 2.31. The summed E-state index contributed by atoms with van der Waals surface area (Å²) in [6.45, 7) is 3.88. The number of hydrogen-bond acceptors (Lipinski definition) is 3. The molecule has 1 unspecified atom stereocenters. The average molecular weight is 276 g/mol. The van der Waals surface area contributed by atoms with Crippen LogP contribution in [0.15, 0.2) is 24.3 Å². The molecular formula is C15H14ClNO2. The molecule has 0 fully saturated rings. The van der Waals surface area contributed by atoms with Gasteiger partial charge in [0.25, 0.3) is 0 Å². The number of fused-ring (bicyclic) bond motifs is 2. The first kappa shape index (κ1) is 12.6. The van der Waals surface area contributed by atoms with Gasteiger partial charge in [-0.2, -0.15) is 0 Å². The number of benzene rings is 1. The number of rotatable bonds is 1. The zero-order valence-electron chi connectivity index (χ0n) is 10.8. The Bertz CT molecular complexity index is 666. The van der Waals surface area contributed by atoms with Crippen molar-refractivity contribution in [2.75, 3.05) is 0 Å². The normalized spacial score (nSPS) is 21.1. The molecule has 0 radical (unpaired) electrons. The zero-order chi connectivity index (χ0) is 13.6. The first-order valence-corrected chi connectivity index (χ1v) is 6.60. The molecule has 98 valence electrons. The quantitative estimate of drug-likeness (QED) is 0.750. The minimum Gasteiger partial charge on any atom is -0.358 e. The van der Waals surface area contributed by atoms with E-state index in [2.05, 4.69) is 11.1 Å². The van der Waals surface area contributed by atoms with Crippen molar-refractivity contribution >= 4 is 28.8 Å². The molecule has 0 amide bonds. The van der Waals surface area contributed by atoms with Gasteiger partial charge in [0, 0.05) is 16.8 Å². The molecule has 0 N–H and O–H groups in total. The number of nitrogens with zero attached hydrogens (tertiary/aromatic N) is 1. The highest BCUT2D eigenvalue weighted by atomic mass is 35.5. The molecule has 3 nitrogen and oxygen atoms in total. The van der Waals surface area contributed by atoms with Crippen molar-refractivity contribution in [1.29, 1.82) is 0 Å². The van der Waals surface area contributed by atoms with Crippen LogP contribution >= 0.6 is 11.6 Å². The van der Waals surface area contributed by atoms with Gasteiger partial charge in [-0.05, 0) is 43.7 Å². The fourth-order valence-corrected chi connectivity index (χ4v) is 2.82. The van der Waals surface area contributed by atoms with E-state index in [0.29, 0.717) is 11.4 Å². The molecule has 0 bridgehead atoms. The lowest BCUT2D eigenvalue weighted by Crippen LogP contribution is -2.37. The van der Waals surface area contributed by atoms with E-state index in [4.69, 9.17) is 16.3 Å². The van der Waals surface area contributed by atoms with Crippen molar-refractivity contribution in [3.8, 4) is 0 Å². The fraction of sp³-hybridized carbons (Fsp3) is 0.333. The molecule has 1 aromatic carbocycles. The van der Waals surface area contributed by atoms with Crippen molar-refractivity contribution in [1.82, 2.24) is 4.98 Å². The van der Waals surface area contributed by atoms with Crippen LogP contribution in [0.25, 0.3) is 10.9 Å². The summed E-state index contributed by atoms with van der Waals surface area (Å²) in [6, 6.07) is 7.68. The van der Waals surface area contributed by atoms with Gasteiger partial charge in [-0.25, -0.2) is 4.98 Å². The summed E-state index contributed by atoms with van der Waals surface area (Å²) in [6.07, 6.45) is 1.02. The van der Waals surface area contributed by atoms with Gasteiger partial charge >= 0.3 is 0 Å². The Morgan fingerprint density at radius 2 is 2.21 bits per heavy atom. The fourth-order valence-electron chi connectivity index (χ4n) is 2.64. The van der Waals surface area contributed by atoms with Gasteiger partial charge in [0.2, 0.25) is 0 Å². The van der Waals surface area contributed by atoms with Crippen molar-refractivity contribution in [3.05, 3.63) is 40.5 Å². The number of ether oxygens (including phenoxy) is 1. The Labute approximate surface area is 116 Å². The molecule has 4 heteroatoms. The maximum atomic E-state index is 11.0. The summed E-state index contributed by atoms with van der Waals surface area (Å²) < 4.78 is 5.77. The van der Waals surface area contributed by atoms with Crippen LogP contribution in [0.3, 0.4) is 0 Å². The number of hydrogen-bond donors (Lipinski definition) is 0. The summed E-state index contributed by atoms with van der Waals surface area (Å²) >= 11 is 6.01. The predicted molar refractivity (Wildman–Crippen MR) is 74.4 cm³/mol. The van der Waals surface area contributed by atoms with Gasteiger partial charge < -0.3 is 9.53 Å². The Hall–Kier alpha value is -1.45. The molecule has 3 rings (SSSR count). The van der Waals surface area contributed by atoms with Crippen LogP contribution in [0.1, 0.15) is 25.1 Å². The standard InChI is InChI=1S/C15H14ClNO2/c1-15(2)14-10(7-12(8-18)19-15)5-9-6-11(16)3-4-13(9)17-14/h3-6,8,12H,7H2,1-2H3. The third kappa shape index (κ3) is 2.13. The van der Waals surface area contributed by atoms with Crippen LogP contribution in [-0.4, -0.2) is 17.4 Å². The first-order valence-electron chi connectivity index (χ1n) is 6.22. The second-order valence-electron chi connectivity index (χ2n) is 5.34. The van der Waals surface area contributed by atoms with E-state index in [9.17, 15) is 4.79 Å². The molecule has 1 atom stereocenters. The molecule has 2 aromatic rings. The first-order chi connectivity index (χ1) is 8.99. The lowest BCUT2D eigenvalue weighted by molar-refractivity contribution is -0.134. The number of carbonyl (C=O) groups is 1. The highest BCUT2D eigenvalue weighted by Crippen LogP contribution is 2.35. The Morgan fingerprint density at radius 1 is 1.42 bits per heavy atom. The van der Waals surface area contributed by atoms with E-state index in [-0.39, 0.29) is 0 Å². The van der Waals surface area contributed by atoms with Gasteiger partial charge in [-0.15, -0.1) is 0 Å². The molecule has 0 saturated heterocycles. The van der Waals surface area contributed by atoms with Crippen LogP contribution in [0.4, 0.5) is 0 Å². The van der Waals surface area contributed by atoms with E-state index < -0.39 is 11.7 Å². The van der Waals surface area contributed by atoms with Crippen molar-refractivity contribution in [2.24, 2.45) is 0 Å². The number of aldehydes is 1. The number of pyridine rings is 1. The van der Waals surface area contributed by atoms with Crippen molar-refractivity contribution in [2.45, 2.75) is 32.0 Å². The minimum atomic E-state index is -0.549. The van der Waals surface area contributed by atoms with E-state index >= 15 is 0 Å². The van der Waals surface area contributed by atoms with Crippen molar-refractivity contribution < 1.29 is 9.53 Å². The molecule has 1 aromatic heterocycles. The van der Waals surface area contributed by atoms with Crippen LogP contribution in [0.2, 0.25) is 5.02 Å². The summed E-state index contributed by atoms with van der Waals surface area (Å²) in [4.78, 5) is 15.7. The molecule has 0 saturated carbocycles. The molecular weight excluding hydrogens is 262 g/mol. The van der Waals surface area contributed by atoms with Gasteiger partial charge in [0.1, 0.15) is 18.0 Å². The SMILES string of the molecule is CC1(C)OC(C=O)Cc2cc3cc(Cl)ccc3nc21. The smallest absolute Gasteiger partial charge is 0.149 e. The lowest BCUT2D eigenvalue weighted by Gasteiger charge is -2.35. The van der Waals surface area contributed by atoms with E-state index in [1.165, 1.54) is 0 Å². The maximum absolute atomic E-state index is 11.0. The number of halogens is 1. The largest absolute Gasteiger partial charge is 0.358 e. The highest BCUT2D eigenvalue weighted by molar-refractivity contribution is 6.31. The highest BCUT2D eigenvalue weighted by Gasteiger charge is 2.35. The van der Waals surface area contributed by atoms with Crippen LogP contribution in [-0.2, 0) is 21.6 Å². The lowest BCUT2D eigenvalue weighted by atomic mass is 9.90. The molecule has 2 heterocycles. The molecule has 0 aliphatic carbocycles. The second kappa shape index (κ2) is 4.29. The monoisotopic (exact) mass is 275 g/mol. The second-order valence-corrected chi connectivity index (χ2v) is 5.78. The van der Waals surface area contributed by atoms with E-state index in [1.54, 1.807) is 0 Å². The van der Waals surface area contributed by atoms with Crippen LogP contribution < -0.4 is 0 Å². The zero-order valence-corrected chi connectivity index (χ0v) is 11.6. The average Bonchev–Trinajstić information content (AvgIpc) is 2.36. The molecule has 1 aliphatic rings. The molecule has 19 heavy (non-hydrogen) atoms. The van der Waals surface area contributed by atoms with E-state index in [0.717, 1.165) is 28.4 Å². The Balaban J connectivity index is 2.23. The third-order valence-electron chi connectivity index (χ3n) is 3.44. The third-order valence-corrected chi connectivity index (χ3v) is 3.68. The molecule has 1 aliphatic heterocycles. The molecule has 0 spiro atoms. The van der Waals surface area contributed by atoms with Gasteiger partial charge in [0.15, 0.2) is 0 Å². The minimum absolute atomic E-state index is 0.402. The van der Waals surface area contributed by atoms with Gasteiger partial charge in [-0.1, -0.05) is 11.6 Å². The summed E-state index contributed by atoms with van der Waals surface area (Å²) in [5.74, 6) is 0. The van der Waals surface area contributed by atoms with Crippen molar-refractivity contribution in [3.63, 3.8) is 0 Å². The van der Waals surface area contributed by atoms with Gasteiger partial charge in [-0.3, -0.25) is 0 Å². The number of carbonyl (C=O) groups excluding carboxylic acids is 1.